The predicted molar refractivity (Wildman–Crippen MR) is 138 cm³/mol. The molecule has 1 N–H and O–H groups in total. The summed E-state index contributed by atoms with van der Waals surface area (Å²) in [5.74, 6) is 1.82. The summed E-state index contributed by atoms with van der Waals surface area (Å²) in [7, 11) is 0. The van der Waals surface area contributed by atoms with E-state index in [1.165, 1.54) is 0 Å². The molecule has 2 aromatic rings. The van der Waals surface area contributed by atoms with E-state index in [1.807, 2.05) is 29.3 Å². The molecule has 176 valence electrons. The summed E-state index contributed by atoms with van der Waals surface area (Å²) >= 11 is 1.61. The van der Waals surface area contributed by atoms with Crippen molar-refractivity contribution in [2.24, 2.45) is 4.99 Å². The summed E-state index contributed by atoms with van der Waals surface area (Å²) in [5.41, 5.74) is 0.822. The molecule has 1 atom stereocenters. The third kappa shape index (κ3) is 6.02. The van der Waals surface area contributed by atoms with Gasteiger partial charge in [-0.05, 0) is 38.1 Å². The highest BCUT2D eigenvalue weighted by molar-refractivity contribution is 14.0. The molecule has 2 saturated heterocycles. The second-order valence-corrected chi connectivity index (χ2v) is 8.97. The van der Waals surface area contributed by atoms with Crippen molar-refractivity contribution < 1.29 is 9.21 Å². The number of nitrogens with zero attached hydrogens (tertiary/aromatic N) is 5. The van der Waals surface area contributed by atoms with Gasteiger partial charge in [-0.1, -0.05) is 6.07 Å². The molecule has 2 aliphatic heterocycles. The molecule has 1 unspecified atom stereocenters. The number of guanidine groups is 1. The van der Waals surface area contributed by atoms with Gasteiger partial charge >= 0.3 is 0 Å². The smallest absolute Gasteiger partial charge is 0.239 e. The van der Waals surface area contributed by atoms with Crippen LogP contribution in [0, 0.1) is 0 Å². The van der Waals surface area contributed by atoms with Crippen LogP contribution in [0.1, 0.15) is 32.4 Å². The molecule has 0 aliphatic carbocycles. The fourth-order valence-corrected chi connectivity index (χ4v) is 4.81. The summed E-state index contributed by atoms with van der Waals surface area (Å²) in [4.78, 5) is 29.7. The van der Waals surface area contributed by atoms with Crippen LogP contribution >= 0.6 is 35.3 Å². The van der Waals surface area contributed by atoms with E-state index in [4.69, 9.17) is 9.41 Å². The van der Waals surface area contributed by atoms with E-state index in [9.17, 15) is 4.79 Å². The Bertz CT molecular complexity index is 873. The van der Waals surface area contributed by atoms with E-state index >= 15 is 0 Å². The Hall–Kier alpha value is -1.66. The van der Waals surface area contributed by atoms with Crippen LogP contribution < -0.4 is 5.32 Å². The summed E-state index contributed by atoms with van der Waals surface area (Å²) in [6.07, 6.45) is 3.95. The topological polar surface area (TPSA) is 77.2 Å². The van der Waals surface area contributed by atoms with Crippen LogP contribution in [0.15, 0.2) is 33.2 Å². The standard InChI is InChI=1S/C22H32N6O2S.HI/c1-3-23-22(24-15-18-16-30-20(25-18)19-7-6-14-31-19)28-12-10-26(11-13-28)17(2)21(29)27-8-4-5-9-27;/h6-7,14,16-17H,3-5,8-13,15H2,1-2H3,(H,23,24);1H. The Morgan fingerprint density at radius 1 is 1.22 bits per heavy atom. The van der Waals surface area contributed by atoms with Gasteiger partial charge < -0.3 is 19.5 Å². The average molecular weight is 573 g/mol. The maximum atomic E-state index is 12.7. The van der Waals surface area contributed by atoms with Crippen LogP contribution in [0.2, 0.25) is 0 Å². The fourth-order valence-electron chi connectivity index (χ4n) is 4.15. The zero-order chi connectivity index (χ0) is 21.6. The fraction of sp³-hybridized carbons (Fsp3) is 0.591. The lowest BCUT2D eigenvalue weighted by Crippen LogP contribution is -2.57. The first-order chi connectivity index (χ1) is 15.2. The van der Waals surface area contributed by atoms with Gasteiger partial charge in [0.05, 0.1) is 17.5 Å². The minimum Gasteiger partial charge on any atom is -0.443 e. The predicted octanol–water partition coefficient (Wildman–Crippen LogP) is 3.12. The maximum Gasteiger partial charge on any atom is 0.239 e. The van der Waals surface area contributed by atoms with Gasteiger partial charge in [0.1, 0.15) is 12.0 Å². The Morgan fingerprint density at radius 3 is 2.62 bits per heavy atom. The summed E-state index contributed by atoms with van der Waals surface area (Å²) in [6.45, 7) is 10.6. The number of nitrogens with one attached hydrogen (secondary N) is 1. The Morgan fingerprint density at radius 2 is 1.97 bits per heavy atom. The third-order valence-corrected chi connectivity index (χ3v) is 6.80. The number of aliphatic imine (C=N–C) groups is 1. The van der Waals surface area contributed by atoms with Crippen molar-refractivity contribution in [3.8, 4) is 10.8 Å². The van der Waals surface area contributed by atoms with E-state index in [-0.39, 0.29) is 35.9 Å². The molecule has 32 heavy (non-hydrogen) atoms. The van der Waals surface area contributed by atoms with Crippen LogP contribution in [-0.4, -0.2) is 83.4 Å². The number of thiophene rings is 1. The minimum atomic E-state index is -0.0504. The van der Waals surface area contributed by atoms with E-state index in [0.717, 1.165) is 75.2 Å². The van der Waals surface area contributed by atoms with Crippen molar-refractivity contribution >= 4 is 47.2 Å². The van der Waals surface area contributed by atoms with E-state index in [2.05, 4.69) is 27.0 Å². The highest BCUT2D eigenvalue weighted by Crippen LogP contribution is 2.23. The lowest BCUT2D eigenvalue weighted by atomic mass is 10.2. The Kier molecular flexibility index (Phi) is 9.35. The first kappa shape index (κ1) is 25.0. The van der Waals surface area contributed by atoms with Crippen LogP contribution in [0.5, 0.6) is 0 Å². The second kappa shape index (κ2) is 12.0. The summed E-state index contributed by atoms with van der Waals surface area (Å²) in [5, 5.41) is 5.41. The number of carbonyl (C=O) groups is 1. The Labute approximate surface area is 211 Å². The molecule has 0 spiro atoms. The largest absolute Gasteiger partial charge is 0.443 e. The van der Waals surface area contributed by atoms with E-state index < -0.39 is 0 Å². The van der Waals surface area contributed by atoms with Crippen LogP contribution in [-0.2, 0) is 11.3 Å². The van der Waals surface area contributed by atoms with Crippen LogP contribution in [0.3, 0.4) is 0 Å². The molecule has 0 saturated carbocycles. The van der Waals surface area contributed by atoms with Crippen molar-refractivity contribution in [2.45, 2.75) is 39.3 Å². The van der Waals surface area contributed by atoms with Crippen LogP contribution in [0.25, 0.3) is 10.8 Å². The third-order valence-electron chi connectivity index (χ3n) is 5.95. The number of carbonyl (C=O) groups excluding carboxylic acids is 1. The first-order valence-electron chi connectivity index (χ1n) is 11.2. The number of rotatable bonds is 6. The number of likely N-dealkylation sites (tertiary alicyclic amines) is 1. The number of halogens is 1. The quantitative estimate of drug-likeness (QED) is 0.326. The van der Waals surface area contributed by atoms with Gasteiger partial charge in [0.2, 0.25) is 11.8 Å². The SMILES string of the molecule is CCNC(=NCc1coc(-c2cccs2)n1)N1CCN(C(C)C(=O)N2CCCC2)CC1.I. The van der Waals surface area contributed by atoms with Crippen LogP contribution in [0.4, 0.5) is 0 Å². The lowest BCUT2D eigenvalue weighted by molar-refractivity contribution is -0.135. The Balaban J connectivity index is 0.00000289. The molecular weight excluding hydrogens is 539 g/mol. The van der Waals surface area contributed by atoms with E-state index in [1.54, 1.807) is 17.6 Å². The molecule has 4 rings (SSSR count). The summed E-state index contributed by atoms with van der Waals surface area (Å²) in [6, 6.07) is 3.94. The minimum absolute atomic E-state index is 0. The van der Waals surface area contributed by atoms with Gasteiger partial charge in [-0.15, -0.1) is 35.3 Å². The highest BCUT2D eigenvalue weighted by atomic mass is 127. The second-order valence-electron chi connectivity index (χ2n) is 8.02. The number of hydrogen-bond acceptors (Lipinski definition) is 6. The molecule has 10 heteroatoms. The van der Waals surface area contributed by atoms with Gasteiger partial charge in [-0.25, -0.2) is 9.98 Å². The normalized spacial score (nSPS) is 18.5. The number of hydrogen-bond donors (Lipinski definition) is 1. The number of oxazole rings is 1. The molecule has 0 aromatic carbocycles. The van der Waals surface area contributed by atoms with Crippen molar-refractivity contribution in [3.05, 3.63) is 29.5 Å². The number of aromatic nitrogens is 1. The van der Waals surface area contributed by atoms with Gasteiger partial charge in [-0.2, -0.15) is 0 Å². The number of amides is 1. The van der Waals surface area contributed by atoms with Gasteiger partial charge in [0.25, 0.3) is 0 Å². The number of piperazine rings is 1. The molecule has 0 radical (unpaired) electrons. The van der Waals surface area contributed by atoms with Gasteiger partial charge in [-0.3, -0.25) is 9.69 Å². The monoisotopic (exact) mass is 572 g/mol. The van der Waals surface area contributed by atoms with Crippen molar-refractivity contribution in [3.63, 3.8) is 0 Å². The average Bonchev–Trinajstić information content (AvgIpc) is 3.57. The van der Waals surface area contributed by atoms with Crippen molar-refractivity contribution in [2.75, 3.05) is 45.8 Å². The molecule has 2 aromatic heterocycles. The van der Waals surface area contributed by atoms with Crippen molar-refractivity contribution in [1.29, 1.82) is 0 Å². The highest BCUT2D eigenvalue weighted by Gasteiger charge is 2.30. The molecule has 4 heterocycles. The molecule has 1 amide bonds. The lowest BCUT2D eigenvalue weighted by Gasteiger charge is -2.39. The molecule has 2 aliphatic rings. The van der Waals surface area contributed by atoms with Gasteiger partial charge in [0.15, 0.2) is 5.96 Å². The molecular formula is C22H33IN6O2S. The zero-order valence-corrected chi connectivity index (χ0v) is 22.0. The zero-order valence-electron chi connectivity index (χ0n) is 18.8. The molecule has 2 fully saturated rings. The van der Waals surface area contributed by atoms with E-state index in [0.29, 0.717) is 12.4 Å². The van der Waals surface area contributed by atoms with Gasteiger partial charge in [0, 0.05) is 45.8 Å². The molecule has 8 nitrogen and oxygen atoms in total. The van der Waals surface area contributed by atoms with Crippen molar-refractivity contribution in [1.82, 2.24) is 25.0 Å². The molecule has 0 bridgehead atoms. The first-order valence-corrected chi connectivity index (χ1v) is 12.1. The maximum absolute atomic E-state index is 12.7. The summed E-state index contributed by atoms with van der Waals surface area (Å²) < 4.78 is 5.61.